The first-order valence-electron chi connectivity index (χ1n) is 5.36. The van der Waals surface area contributed by atoms with E-state index in [1.165, 1.54) is 16.7 Å². The van der Waals surface area contributed by atoms with Gasteiger partial charge in [0.15, 0.2) is 0 Å². The minimum atomic E-state index is -0.142. The van der Waals surface area contributed by atoms with Crippen molar-refractivity contribution in [3.8, 4) is 0 Å². The summed E-state index contributed by atoms with van der Waals surface area (Å²) in [6, 6.07) is 6.33. The van der Waals surface area contributed by atoms with Crippen molar-refractivity contribution in [1.29, 1.82) is 0 Å². The van der Waals surface area contributed by atoms with Crippen LogP contribution in [0.1, 0.15) is 37.5 Å². The molecule has 84 valence electrons. The second-order valence-electron chi connectivity index (χ2n) is 4.91. The van der Waals surface area contributed by atoms with Gasteiger partial charge in [-0.15, -0.1) is 0 Å². The predicted octanol–water partition coefficient (Wildman–Crippen LogP) is 3.12. The summed E-state index contributed by atoms with van der Waals surface area (Å²) in [4.78, 5) is 5.49. The lowest BCUT2D eigenvalue weighted by atomic mass is 10.0. The highest BCUT2D eigenvalue weighted by Gasteiger charge is 2.10. The summed E-state index contributed by atoms with van der Waals surface area (Å²) in [5, 5.41) is 0. The molecule has 0 saturated heterocycles. The Morgan fingerprint density at radius 3 is 2.13 bits per heavy atom. The van der Waals surface area contributed by atoms with Crippen LogP contribution in [0.25, 0.3) is 0 Å². The number of hydroxylamine groups is 1. The van der Waals surface area contributed by atoms with Crippen LogP contribution in [-0.4, -0.2) is 5.60 Å². The third-order valence-electron chi connectivity index (χ3n) is 2.27. The number of benzene rings is 1. The van der Waals surface area contributed by atoms with E-state index >= 15 is 0 Å². The first kappa shape index (κ1) is 12.2. The maximum Gasteiger partial charge on any atom is 0.0813 e. The second-order valence-corrected chi connectivity index (χ2v) is 4.91. The van der Waals surface area contributed by atoms with Crippen LogP contribution in [0.2, 0.25) is 0 Å². The van der Waals surface area contributed by atoms with E-state index in [-0.39, 0.29) is 5.60 Å². The third kappa shape index (κ3) is 4.02. The fourth-order valence-corrected chi connectivity index (χ4v) is 1.45. The zero-order valence-electron chi connectivity index (χ0n) is 10.3. The van der Waals surface area contributed by atoms with E-state index in [1.807, 2.05) is 20.8 Å². The van der Waals surface area contributed by atoms with Crippen LogP contribution in [0.4, 0.5) is 0 Å². The van der Waals surface area contributed by atoms with Crippen molar-refractivity contribution in [3.63, 3.8) is 0 Å². The van der Waals surface area contributed by atoms with Crippen molar-refractivity contribution < 1.29 is 4.84 Å². The summed E-state index contributed by atoms with van der Waals surface area (Å²) in [6.45, 7) is 11.1. The summed E-state index contributed by atoms with van der Waals surface area (Å²) in [6.07, 6.45) is 0. The van der Waals surface area contributed by atoms with Crippen molar-refractivity contribution in [3.05, 3.63) is 34.9 Å². The van der Waals surface area contributed by atoms with Gasteiger partial charge in [0.25, 0.3) is 0 Å². The zero-order chi connectivity index (χ0) is 11.5. The quantitative estimate of drug-likeness (QED) is 0.769. The number of rotatable bonds is 3. The minimum absolute atomic E-state index is 0.142. The predicted molar refractivity (Wildman–Crippen MR) is 63.6 cm³/mol. The summed E-state index contributed by atoms with van der Waals surface area (Å²) in [5.74, 6) is 0. The molecule has 0 aliphatic carbocycles. The van der Waals surface area contributed by atoms with E-state index in [1.54, 1.807) is 0 Å². The molecule has 0 saturated carbocycles. The molecule has 0 fully saturated rings. The monoisotopic (exact) mass is 207 g/mol. The van der Waals surface area contributed by atoms with Crippen LogP contribution in [0.3, 0.4) is 0 Å². The van der Waals surface area contributed by atoms with Crippen molar-refractivity contribution in [2.24, 2.45) is 0 Å². The Kier molecular flexibility index (Phi) is 3.89. The molecule has 0 aliphatic heterocycles. The molecule has 1 aromatic rings. The van der Waals surface area contributed by atoms with Crippen molar-refractivity contribution in [2.45, 2.75) is 46.8 Å². The summed E-state index contributed by atoms with van der Waals surface area (Å²) < 4.78 is 0. The SMILES string of the molecule is Cc1cccc(C)c1CNOC(C)(C)C. The molecule has 0 spiro atoms. The first-order chi connectivity index (χ1) is 6.90. The molecule has 0 radical (unpaired) electrons. The van der Waals surface area contributed by atoms with Gasteiger partial charge >= 0.3 is 0 Å². The average Bonchev–Trinajstić information content (AvgIpc) is 2.08. The smallest absolute Gasteiger partial charge is 0.0813 e. The van der Waals surface area contributed by atoms with Gasteiger partial charge in [0.2, 0.25) is 0 Å². The van der Waals surface area contributed by atoms with Gasteiger partial charge in [-0.1, -0.05) is 18.2 Å². The minimum Gasteiger partial charge on any atom is -0.296 e. The molecule has 0 bridgehead atoms. The lowest BCUT2D eigenvalue weighted by molar-refractivity contribution is -0.0758. The largest absolute Gasteiger partial charge is 0.296 e. The van der Waals surface area contributed by atoms with Crippen LogP contribution in [0, 0.1) is 13.8 Å². The summed E-state index contributed by atoms with van der Waals surface area (Å²) >= 11 is 0. The number of hydrogen-bond acceptors (Lipinski definition) is 2. The maximum absolute atomic E-state index is 5.49. The highest BCUT2D eigenvalue weighted by molar-refractivity contribution is 5.33. The van der Waals surface area contributed by atoms with Gasteiger partial charge in [0.1, 0.15) is 0 Å². The van der Waals surface area contributed by atoms with Crippen LogP contribution in [-0.2, 0) is 11.4 Å². The molecular weight excluding hydrogens is 186 g/mol. The highest BCUT2D eigenvalue weighted by Crippen LogP contribution is 2.13. The fraction of sp³-hybridized carbons (Fsp3) is 0.538. The van der Waals surface area contributed by atoms with E-state index in [0.29, 0.717) is 0 Å². The lowest BCUT2D eigenvalue weighted by Gasteiger charge is -2.20. The number of hydrogen-bond donors (Lipinski definition) is 1. The lowest BCUT2D eigenvalue weighted by Crippen LogP contribution is -2.29. The first-order valence-corrected chi connectivity index (χ1v) is 5.36. The topological polar surface area (TPSA) is 21.3 Å². The van der Waals surface area contributed by atoms with Gasteiger partial charge in [-0.2, -0.15) is 5.48 Å². The van der Waals surface area contributed by atoms with E-state index in [4.69, 9.17) is 4.84 Å². The van der Waals surface area contributed by atoms with Gasteiger partial charge in [-0.3, -0.25) is 4.84 Å². The second kappa shape index (κ2) is 4.77. The molecule has 2 nitrogen and oxygen atoms in total. The Hall–Kier alpha value is -0.860. The summed E-state index contributed by atoms with van der Waals surface area (Å²) in [7, 11) is 0. The number of nitrogens with one attached hydrogen (secondary N) is 1. The average molecular weight is 207 g/mol. The van der Waals surface area contributed by atoms with Crippen LogP contribution in [0.5, 0.6) is 0 Å². The Balaban J connectivity index is 2.58. The molecule has 2 heteroatoms. The van der Waals surface area contributed by atoms with Crippen molar-refractivity contribution in [2.75, 3.05) is 0 Å². The van der Waals surface area contributed by atoms with E-state index in [9.17, 15) is 0 Å². The van der Waals surface area contributed by atoms with Crippen LogP contribution in [0.15, 0.2) is 18.2 Å². The Labute approximate surface area is 92.6 Å². The van der Waals surface area contributed by atoms with Crippen molar-refractivity contribution in [1.82, 2.24) is 5.48 Å². The molecule has 0 aliphatic rings. The van der Waals surface area contributed by atoms with Crippen molar-refractivity contribution >= 4 is 0 Å². The van der Waals surface area contributed by atoms with E-state index < -0.39 is 0 Å². The third-order valence-corrected chi connectivity index (χ3v) is 2.27. The molecule has 0 atom stereocenters. The molecule has 1 aromatic carbocycles. The van der Waals surface area contributed by atoms with Gasteiger partial charge < -0.3 is 0 Å². The molecule has 0 aromatic heterocycles. The standard InChI is InChI=1S/C13H21NO/c1-10-7-6-8-11(2)12(10)9-14-15-13(3,4)5/h6-8,14H,9H2,1-5H3. The molecule has 1 N–H and O–H groups in total. The van der Waals surface area contributed by atoms with Gasteiger partial charge in [0, 0.05) is 6.54 Å². The van der Waals surface area contributed by atoms with Gasteiger partial charge in [-0.05, 0) is 51.3 Å². The normalized spacial score (nSPS) is 11.8. The maximum atomic E-state index is 5.49. The summed E-state index contributed by atoms with van der Waals surface area (Å²) in [5.41, 5.74) is 6.81. The Morgan fingerprint density at radius 1 is 1.13 bits per heavy atom. The fourth-order valence-electron chi connectivity index (χ4n) is 1.45. The van der Waals surface area contributed by atoms with E-state index in [0.717, 1.165) is 6.54 Å². The molecule has 0 amide bonds. The Bertz CT molecular complexity index is 306. The molecule has 0 heterocycles. The highest BCUT2D eigenvalue weighted by atomic mass is 16.7. The molecule has 1 rings (SSSR count). The van der Waals surface area contributed by atoms with Crippen LogP contribution < -0.4 is 5.48 Å². The zero-order valence-corrected chi connectivity index (χ0v) is 10.3. The van der Waals surface area contributed by atoms with Gasteiger partial charge in [-0.25, -0.2) is 0 Å². The molecule has 15 heavy (non-hydrogen) atoms. The Morgan fingerprint density at radius 2 is 1.67 bits per heavy atom. The molecular formula is C13H21NO. The number of aryl methyl sites for hydroxylation is 2. The van der Waals surface area contributed by atoms with Gasteiger partial charge in [0.05, 0.1) is 5.60 Å². The molecule has 0 unspecified atom stereocenters. The van der Waals surface area contributed by atoms with E-state index in [2.05, 4.69) is 37.5 Å². The van der Waals surface area contributed by atoms with Crippen LogP contribution >= 0.6 is 0 Å².